The van der Waals surface area contributed by atoms with Crippen LogP contribution in [0.25, 0.3) is 0 Å². The van der Waals surface area contributed by atoms with Crippen LogP contribution in [0, 0.1) is 0 Å². The first-order chi connectivity index (χ1) is 7.41. The largest absolute Gasteiger partial charge is 0.385 e. The van der Waals surface area contributed by atoms with Crippen LogP contribution in [-0.4, -0.2) is 26.8 Å². The lowest BCUT2D eigenvalue weighted by atomic mass is 10.1. The Morgan fingerprint density at radius 3 is 2.07 bits per heavy atom. The van der Waals surface area contributed by atoms with Crippen molar-refractivity contribution in [3.63, 3.8) is 0 Å². The Morgan fingerprint density at radius 1 is 0.800 bits per heavy atom. The first-order valence-corrected chi connectivity index (χ1v) is 6.61. The van der Waals surface area contributed by atoms with Gasteiger partial charge in [0.1, 0.15) is 0 Å². The van der Waals surface area contributed by atoms with Gasteiger partial charge in [-0.25, -0.2) is 0 Å². The summed E-state index contributed by atoms with van der Waals surface area (Å²) in [6, 6.07) is 0. The van der Waals surface area contributed by atoms with Crippen molar-refractivity contribution in [2.45, 2.75) is 58.3 Å². The van der Waals surface area contributed by atoms with Gasteiger partial charge in [0.05, 0.1) is 0 Å². The van der Waals surface area contributed by atoms with Gasteiger partial charge in [0.25, 0.3) is 0 Å². The summed E-state index contributed by atoms with van der Waals surface area (Å²) < 4.78 is 4.98. The Bertz CT molecular complexity index is 94.7. The summed E-state index contributed by atoms with van der Waals surface area (Å²) in [7, 11) is 1.76. The van der Waals surface area contributed by atoms with Crippen molar-refractivity contribution in [1.29, 1.82) is 0 Å². The third-order valence-electron chi connectivity index (χ3n) is 2.66. The Kier molecular flexibility index (Phi) is 13.8. The fraction of sp³-hybridized carbons (Fsp3) is 1.00. The standard InChI is InChI=1S/C13H29NO/c1-3-4-5-6-7-8-9-11-14-12-10-13-15-2/h14H,3-13H2,1-2H3. The van der Waals surface area contributed by atoms with Crippen molar-refractivity contribution in [3.05, 3.63) is 0 Å². The molecular weight excluding hydrogens is 186 g/mol. The Balaban J connectivity index is 2.81. The molecule has 0 saturated carbocycles. The maximum absolute atomic E-state index is 4.98. The molecule has 0 spiro atoms. The third kappa shape index (κ3) is 13.9. The fourth-order valence-corrected chi connectivity index (χ4v) is 1.67. The van der Waals surface area contributed by atoms with Gasteiger partial charge >= 0.3 is 0 Å². The highest BCUT2D eigenvalue weighted by atomic mass is 16.5. The van der Waals surface area contributed by atoms with E-state index < -0.39 is 0 Å². The molecule has 0 aromatic carbocycles. The van der Waals surface area contributed by atoms with E-state index in [0.717, 1.165) is 19.6 Å². The van der Waals surface area contributed by atoms with Gasteiger partial charge in [-0.15, -0.1) is 0 Å². The molecule has 0 fully saturated rings. The minimum Gasteiger partial charge on any atom is -0.385 e. The molecule has 0 rings (SSSR count). The highest BCUT2D eigenvalue weighted by Gasteiger charge is 1.91. The molecule has 0 radical (unpaired) electrons. The fourth-order valence-electron chi connectivity index (χ4n) is 1.67. The van der Waals surface area contributed by atoms with Crippen LogP contribution in [0.15, 0.2) is 0 Å². The van der Waals surface area contributed by atoms with Crippen LogP contribution in [-0.2, 0) is 4.74 Å². The summed E-state index contributed by atoms with van der Waals surface area (Å²) in [6.07, 6.45) is 10.9. The first kappa shape index (κ1) is 14.9. The number of ether oxygens (including phenoxy) is 1. The SMILES string of the molecule is CCCCCCCCCNCCCOC. The van der Waals surface area contributed by atoms with Crippen molar-refractivity contribution in [2.75, 3.05) is 26.8 Å². The maximum atomic E-state index is 4.98. The topological polar surface area (TPSA) is 21.3 Å². The highest BCUT2D eigenvalue weighted by Crippen LogP contribution is 2.06. The second-order valence-electron chi connectivity index (χ2n) is 4.22. The second-order valence-corrected chi connectivity index (χ2v) is 4.22. The summed E-state index contributed by atoms with van der Waals surface area (Å²) in [6.45, 7) is 5.43. The zero-order chi connectivity index (χ0) is 11.2. The summed E-state index contributed by atoms with van der Waals surface area (Å²) >= 11 is 0. The van der Waals surface area contributed by atoms with E-state index in [-0.39, 0.29) is 0 Å². The molecule has 0 aromatic rings. The van der Waals surface area contributed by atoms with E-state index in [0.29, 0.717) is 0 Å². The van der Waals surface area contributed by atoms with Crippen molar-refractivity contribution < 1.29 is 4.74 Å². The number of methoxy groups -OCH3 is 1. The van der Waals surface area contributed by atoms with Crippen LogP contribution in [0.4, 0.5) is 0 Å². The summed E-state index contributed by atoms with van der Waals surface area (Å²) in [5.41, 5.74) is 0. The van der Waals surface area contributed by atoms with Gasteiger partial charge in [0.2, 0.25) is 0 Å². The van der Waals surface area contributed by atoms with Crippen LogP contribution >= 0.6 is 0 Å². The number of nitrogens with one attached hydrogen (secondary N) is 1. The average molecular weight is 215 g/mol. The van der Waals surface area contributed by atoms with E-state index in [2.05, 4.69) is 12.2 Å². The number of hydrogen-bond acceptors (Lipinski definition) is 2. The van der Waals surface area contributed by atoms with Gasteiger partial charge in [-0.05, 0) is 25.9 Å². The van der Waals surface area contributed by atoms with Gasteiger partial charge in [0, 0.05) is 13.7 Å². The van der Waals surface area contributed by atoms with Crippen LogP contribution < -0.4 is 5.32 Å². The van der Waals surface area contributed by atoms with Gasteiger partial charge in [-0.2, -0.15) is 0 Å². The molecule has 15 heavy (non-hydrogen) atoms. The molecule has 92 valence electrons. The van der Waals surface area contributed by atoms with E-state index in [1.54, 1.807) is 7.11 Å². The number of hydrogen-bond donors (Lipinski definition) is 1. The van der Waals surface area contributed by atoms with Gasteiger partial charge < -0.3 is 10.1 Å². The van der Waals surface area contributed by atoms with Gasteiger partial charge in [-0.1, -0.05) is 45.4 Å². The molecule has 0 saturated heterocycles. The molecule has 2 nitrogen and oxygen atoms in total. The van der Waals surface area contributed by atoms with Gasteiger partial charge in [-0.3, -0.25) is 0 Å². The molecule has 0 bridgehead atoms. The average Bonchev–Trinajstić information content (AvgIpc) is 2.26. The normalized spacial score (nSPS) is 10.8. The Morgan fingerprint density at radius 2 is 1.40 bits per heavy atom. The van der Waals surface area contributed by atoms with Crippen molar-refractivity contribution in [2.24, 2.45) is 0 Å². The third-order valence-corrected chi connectivity index (χ3v) is 2.66. The summed E-state index contributed by atoms with van der Waals surface area (Å²) in [5.74, 6) is 0. The molecule has 0 atom stereocenters. The van der Waals surface area contributed by atoms with E-state index >= 15 is 0 Å². The molecule has 0 heterocycles. The molecule has 0 aliphatic rings. The Hall–Kier alpha value is -0.0800. The van der Waals surface area contributed by atoms with Gasteiger partial charge in [0.15, 0.2) is 0 Å². The molecule has 0 aromatic heterocycles. The van der Waals surface area contributed by atoms with Crippen LogP contribution in [0.5, 0.6) is 0 Å². The minimum atomic E-state index is 0.879. The zero-order valence-electron chi connectivity index (χ0n) is 10.7. The quantitative estimate of drug-likeness (QED) is 0.504. The molecule has 0 unspecified atom stereocenters. The predicted octanol–water partition coefficient (Wildman–Crippen LogP) is 3.36. The predicted molar refractivity (Wildman–Crippen MR) is 67.4 cm³/mol. The van der Waals surface area contributed by atoms with E-state index in [1.807, 2.05) is 0 Å². The second kappa shape index (κ2) is 13.9. The van der Waals surface area contributed by atoms with Crippen molar-refractivity contribution in [3.8, 4) is 0 Å². The van der Waals surface area contributed by atoms with Crippen LogP contribution in [0.2, 0.25) is 0 Å². The van der Waals surface area contributed by atoms with E-state index in [4.69, 9.17) is 4.74 Å². The van der Waals surface area contributed by atoms with Crippen molar-refractivity contribution >= 4 is 0 Å². The lowest BCUT2D eigenvalue weighted by Crippen LogP contribution is -2.17. The molecule has 1 N–H and O–H groups in total. The first-order valence-electron chi connectivity index (χ1n) is 6.61. The van der Waals surface area contributed by atoms with Crippen LogP contribution in [0.3, 0.4) is 0 Å². The molecule has 2 heteroatoms. The van der Waals surface area contributed by atoms with E-state index in [1.165, 1.54) is 51.5 Å². The van der Waals surface area contributed by atoms with Crippen molar-refractivity contribution in [1.82, 2.24) is 5.32 Å². The number of rotatable bonds is 12. The monoisotopic (exact) mass is 215 g/mol. The maximum Gasteiger partial charge on any atom is 0.0474 e. The molecule has 0 amide bonds. The Labute approximate surface area is 95.8 Å². The summed E-state index contributed by atoms with van der Waals surface area (Å²) in [5, 5.41) is 3.44. The smallest absolute Gasteiger partial charge is 0.0474 e. The lowest BCUT2D eigenvalue weighted by Gasteiger charge is -2.04. The van der Waals surface area contributed by atoms with E-state index in [9.17, 15) is 0 Å². The lowest BCUT2D eigenvalue weighted by molar-refractivity contribution is 0.194. The molecule has 0 aliphatic heterocycles. The molecule has 0 aliphatic carbocycles. The number of unbranched alkanes of at least 4 members (excludes halogenated alkanes) is 6. The summed E-state index contributed by atoms with van der Waals surface area (Å²) in [4.78, 5) is 0. The zero-order valence-corrected chi connectivity index (χ0v) is 10.7. The molecular formula is C13H29NO. The van der Waals surface area contributed by atoms with Crippen LogP contribution in [0.1, 0.15) is 58.3 Å². The minimum absolute atomic E-state index is 0.879. The highest BCUT2D eigenvalue weighted by molar-refractivity contribution is 4.50.